The average molecular weight is 398 g/mol. The van der Waals surface area contributed by atoms with Crippen LogP contribution in [0.3, 0.4) is 0 Å². The molecule has 0 aliphatic carbocycles. The standard InChI is InChI=1S/C20H22N4O5/c1-3-22(11-15-13-28-16-7-5-6-8-17(16)29-15)18(25)12-24-19(26)14(9-21)10-23(4-2)20(24)27/h5-8,10,15H,3-4,11-13H2,1-2H3/t15-/m0/s1. The van der Waals surface area contributed by atoms with E-state index in [0.717, 1.165) is 4.57 Å². The monoisotopic (exact) mass is 398 g/mol. The molecule has 1 atom stereocenters. The van der Waals surface area contributed by atoms with Gasteiger partial charge in [0.1, 0.15) is 24.8 Å². The van der Waals surface area contributed by atoms with Gasteiger partial charge in [-0.3, -0.25) is 14.2 Å². The Morgan fingerprint density at radius 2 is 2.00 bits per heavy atom. The van der Waals surface area contributed by atoms with Crippen LogP contribution in [0.1, 0.15) is 19.4 Å². The van der Waals surface area contributed by atoms with Gasteiger partial charge in [-0.1, -0.05) is 12.1 Å². The fourth-order valence-corrected chi connectivity index (χ4v) is 3.14. The summed E-state index contributed by atoms with van der Waals surface area (Å²) in [5.41, 5.74) is -1.56. The predicted octanol–water partition coefficient (Wildman–Crippen LogP) is 0.590. The maximum Gasteiger partial charge on any atom is 0.331 e. The maximum absolute atomic E-state index is 12.8. The van der Waals surface area contributed by atoms with Gasteiger partial charge in [-0.05, 0) is 26.0 Å². The van der Waals surface area contributed by atoms with Gasteiger partial charge in [-0.15, -0.1) is 0 Å². The van der Waals surface area contributed by atoms with Gasteiger partial charge >= 0.3 is 5.69 Å². The molecule has 9 nitrogen and oxygen atoms in total. The lowest BCUT2D eigenvalue weighted by Gasteiger charge is -2.31. The molecule has 0 bridgehead atoms. The number of likely N-dealkylation sites (N-methyl/N-ethyl adjacent to an activating group) is 1. The molecule has 0 N–H and O–H groups in total. The lowest BCUT2D eigenvalue weighted by atomic mass is 10.2. The number of ether oxygens (including phenoxy) is 2. The van der Waals surface area contributed by atoms with Crippen molar-refractivity contribution in [2.45, 2.75) is 33.0 Å². The van der Waals surface area contributed by atoms with Gasteiger partial charge in [0.05, 0.1) is 6.54 Å². The first-order chi connectivity index (χ1) is 14.0. The van der Waals surface area contributed by atoms with Crippen LogP contribution in [0.5, 0.6) is 11.5 Å². The number of amides is 1. The number of nitrogens with zero attached hydrogens (tertiary/aromatic N) is 4. The third kappa shape index (κ3) is 4.16. The Labute approximate surface area is 167 Å². The molecular formula is C20H22N4O5. The highest BCUT2D eigenvalue weighted by Crippen LogP contribution is 2.30. The number of benzene rings is 1. The van der Waals surface area contributed by atoms with Gasteiger partial charge in [0, 0.05) is 19.3 Å². The molecule has 0 saturated carbocycles. The minimum absolute atomic E-state index is 0.178. The van der Waals surface area contributed by atoms with Crippen molar-refractivity contribution in [3.8, 4) is 17.6 Å². The van der Waals surface area contributed by atoms with E-state index in [1.807, 2.05) is 18.2 Å². The highest BCUT2D eigenvalue weighted by molar-refractivity contribution is 5.76. The lowest BCUT2D eigenvalue weighted by molar-refractivity contribution is -0.133. The van der Waals surface area contributed by atoms with Gasteiger partial charge < -0.3 is 14.4 Å². The van der Waals surface area contributed by atoms with Gasteiger partial charge in [0.15, 0.2) is 17.6 Å². The summed E-state index contributed by atoms with van der Waals surface area (Å²) in [7, 11) is 0. The van der Waals surface area contributed by atoms with E-state index in [1.54, 1.807) is 26.0 Å². The van der Waals surface area contributed by atoms with Crippen LogP contribution >= 0.6 is 0 Å². The van der Waals surface area contributed by atoms with Crippen LogP contribution in [0, 0.1) is 11.3 Å². The van der Waals surface area contributed by atoms with Crippen LogP contribution in [-0.2, 0) is 17.9 Å². The van der Waals surface area contributed by atoms with Crippen LogP contribution in [0.2, 0.25) is 0 Å². The molecule has 9 heteroatoms. The second kappa shape index (κ2) is 8.65. The van der Waals surface area contributed by atoms with Crippen molar-refractivity contribution in [2.75, 3.05) is 19.7 Å². The summed E-state index contributed by atoms with van der Waals surface area (Å²) < 4.78 is 13.6. The molecule has 1 aliphatic rings. The van der Waals surface area contributed by atoms with E-state index in [1.165, 1.54) is 15.7 Å². The number of rotatable bonds is 6. The third-order valence-corrected chi connectivity index (χ3v) is 4.72. The Morgan fingerprint density at radius 1 is 1.28 bits per heavy atom. The van der Waals surface area contributed by atoms with E-state index in [9.17, 15) is 14.4 Å². The van der Waals surface area contributed by atoms with Crippen molar-refractivity contribution in [1.29, 1.82) is 5.26 Å². The van der Waals surface area contributed by atoms with Crippen molar-refractivity contribution in [1.82, 2.24) is 14.0 Å². The Hall–Kier alpha value is -3.54. The number of nitriles is 1. The Morgan fingerprint density at radius 3 is 2.66 bits per heavy atom. The Bertz CT molecular complexity index is 1070. The van der Waals surface area contributed by atoms with Crippen molar-refractivity contribution >= 4 is 5.91 Å². The van der Waals surface area contributed by atoms with Crippen molar-refractivity contribution < 1.29 is 14.3 Å². The number of fused-ring (bicyclic) bond motifs is 1. The first-order valence-electron chi connectivity index (χ1n) is 9.39. The molecule has 2 aromatic rings. The van der Waals surface area contributed by atoms with E-state index < -0.39 is 23.7 Å². The smallest absolute Gasteiger partial charge is 0.331 e. The lowest BCUT2D eigenvalue weighted by Crippen LogP contribution is -2.48. The van der Waals surface area contributed by atoms with E-state index >= 15 is 0 Å². The summed E-state index contributed by atoms with van der Waals surface area (Å²) in [5, 5.41) is 9.14. The molecule has 0 radical (unpaired) electrons. The zero-order chi connectivity index (χ0) is 21.0. The number of aryl methyl sites for hydroxylation is 1. The minimum atomic E-state index is -0.766. The topological polar surface area (TPSA) is 107 Å². The normalized spacial score (nSPS) is 14.9. The first-order valence-corrected chi connectivity index (χ1v) is 9.39. The molecule has 1 amide bonds. The second-order valence-electron chi connectivity index (χ2n) is 6.54. The predicted molar refractivity (Wildman–Crippen MR) is 104 cm³/mol. The molecule has 2 heterocycles. The van der Waals surface area contributed by atoms with Crippen LogP contribution in [0.15, 0.2) is 40.1 Å². The molecule has 0 fully saturated rings. The number of aromatic nitrogens is 2. The van der Waals surface area contributed by atoms with Crippen LogP contribution in [-0.4, -0.2) is 45.7 Å². The molecule has 1 aromatic heterocycles. The van der Waals surface area contributed by atoms with Crippen LogP contribution in [0.25, 0.3) is 0 Å². The van der Waals surface area contributed by atoms with E-state index in [4.69, 9.17) is 14.7 Å². The van der Waals surface area contributed by atoms with Gasteiger partial charge in [0.25, 0.3) is 5.56 Å². The molecular weight excluding hydrogens is 376 g/mol. The molecule has 29 heavy (non-hydrogen) atoms. The molecule has 0 unspecified atom stereocenters. The third-order valence-electron chi connectivity index (χ3n) is 4.72. The van der Waals surface area contributed by atoms with Gasteiger partial charge in [-0.2, -0.15) is 5.26 Å². The summed E-state index contributed by atoms with van der Waals surface area (Å²) >= 11 is 0. The highest BCUT2D eigenvalue weighted by atomic mass is 16.6. The molecule has 0 spiro atoms. The maximum atomic E-state index is 12.8. The summed E-state index contributed by atoms with van der Waals surface area (Å²) in [4.78, 5) is 39.1. The zero-order valence-electron chi connectivity index (χ0n) is 16.3. The Kier molecular flexibility index (Phi) is 6.02. The quantitative estimate of drug-likeness (QED) is 0.705. The summed E-state index contributed by atoms with van der Waals surface area (Å²) in [6.07, 6.45) is 0.844. The number of hydrogen-bond acceptors (Lipinski definition) is 6. The highest BCUT2D eigenvalue weighted by Gasteiger charge is 2.25. The number of para-hydroxylation sites is 2. The van der Waals surface area contributed by atoms with Crippen LogP contribution < -0.4 is 20.7 Å². The zero-order valence-corrected chi connectivity index (χ0v) is 16.3. The second-order valence-corrected chi connectivity index (χ2v) is 6.54. The summed E-state index contributed by atoms with van der Waals surface area (Å²) in [6, 6.07) is 9.06. The molecule has 152 valence electrons. The largest absolute Gasteiger partial charge is 0.486 e. The molecule has 1 aromatic carbocycles. The fraction of sp³-hybridized carbons (Fsp3) is 0.400. The average Bonchev–Trinajstić information content (AvgIpc) is 2.74. The fourth-order valence-electron chi connectivity index (χ4n) is 3.14. The minimum Gasteiger partial charge on any atom is -0.486 e. The van der Waals surface area contributed by atoms with Crippen molar-refractivity contribution in [3.63, 3.8) is 0 Å². The van der Waals surface area contributed by atoms with E-state index in [2.05, 4.69) is 0 Å². The first kappa shape index (κ1) is 20.2. The van der Waals surface area contributed by atoms with E-state index in [0.29, 0.717) is 18.0 Å². The number of hydrogen-bond donors (Lipinski definition) is 0. The number of carbonyl (C=O) groups is 1. The van der Waals surface area contributed by atoms with Crippen molar-refractivity contribution in [3.05, 3.63) is 56.9 Å². The van der Waals surface area contributed by atoms with Gasteiger partial charge in [0.2, 0.25) is 5.91 Å². The number of carbonyl (C=O) groups excluding carboxylic acids is 1. The van der Waals surface area contributed by atoms with Gasteiger partial charge in [-0.25, -0.2) is 9.36 Å². The molecule has 1 aliphatic heterocycles. The molecule has 0 saturated heterocycles. The van der Waals surface area contributed by atoms with E-state index in [-0.39, 0.29) is 31.4 Å². The SMILES string of the molecule is CCN(C[C@H]1COc2ccccc2O1)C(=O)Cn1c(=O)c(C#N)cn(CC)c1=O. The molecule has 3 rings (SSSR count). The summed E-state index contributed by atoms with van der Waals surface area (Å²) in [5.74, 6) is 0.848. The Balaban J connectivity index is 1.77. The van der Waals surface area contributed by atoms with Crippen molar-refractivity contribution in [2.24, 2.45) is 0 Å². The van der Waals surface area contributed by atoms with Crippen LogP contribution in [0.4, 0.5) is 0 Å². The summed E-state index contributed by atoms with van der Waals surface area (Å²) in [6.45, 7) is 4.27.